The molecule has 0 spiro atoms. The normalized spacial score (nSPS) is 16.4. The van der Waals surface area contributed by atoms with E-state index < -0.39 is 57.8 Å². The predicted molar refractivity (Wildman–Crippen MR) is 162 cm³/mol. The Hall–Kier alpha value is -4.09. The second-order valence-corrected chi connectivity index (χ2v) is 11.4. The molecule has 0 saturated carbocycles. The monoisotopic (exact) mass is 812 g/mol. The number of carbonyl (C=O) groups excluding carboxylic acids is 1. The minimum absolute atomic E-state index is 0. The van der Waals surface area contributed by atoms with Crippen LogP contribution in [0.4, 0.5) is 30.7 Å². The lowest BCUT2D eigenvalue weighted by Gasteiger charge is -2.10. The third kappa shape index (κ3) is 8.26. The van der Waals surface area contributed by atoms with Crippen molar-refractivity contribution in [3.05, 3.63) is 104 Å². The molecule has 4 aromatic carbocycles. The van der Waals surface area contributed by atoms with Crippen LogP contribution in [0.15, 0.2) is 69.6 Å². The predicted octanol–water partition coefficient (Wildman–Crippen LogP) is 9.80. The van der Waals surface area contributed by atoms with Gasteiger partial charge in [0, 0.05) is 28.0 Å². The number of alkyl halides is 3. The molecule has 0 amide bonds. The SMILES string of the molecule is C.CC1(F)Oc2ccc(OC(=S)c3c(F)cc(Br)cc3F)cc2O1.O=C(Oc1ccc2c(c1)OC(F)(F)O2)c1c(F)cc(Br)cc1F. The number of carbonyl (C=O) groups is 1. The van der Waals surface area contributed by atoms with E-state index >= 15 is 0 Å². The standard InChI is InChI=1S/C15H8BrF3O3S.C14H5BrF4O4.CH4/c1-15(19)21-11-3-2-8(6-12(11)22-15)20-14(23)13-9(17)4-7(16)5-10(13)18;15-6-3-8(16)12(9(17)4-6)13(20)21-7-1-2-10-11(5-7)23-14(18,19)22-10;/h2-6H,1H3;1-5H;1H4. The second-order valence-electron chi connectivity index (χ2n) is 9.19. The Balaban J connectivity index is 0.000000208. The summed E-state index contributed by atoms with van der Waals surface area (Å²) in [6.45, 7) is 1.10. The van der Waals surface area contributed by atoms with Crippen molar-refractivity contribution in [1.29, 1.82) is 0 Å². The van der Waals surface area contributed by atoms with Crippen LogP contribution >= 0.6 is 44.1 Å². The first kappa shape index (κ1) is 35.8. The first-order valence-corrected chi connectivity index (χ1v) is 14.3. The van der Waals surface area contributed by atoms with Gasteiger partial charge >= 0.3 is 18.3 Å². The quantitative estimate of drug-likeness (QED) is 0.0874. The number of hydrogen-bond acceptors (Lipinski definition) is 8. The fourth-order valence-electron chi connectivity index (χ4n) is 3.91. The van der Waals surface area contributed by atoms with E-state index in [2.05, 4.69) is 41.3 Å². The van der Waals surface area contributed by atoms with E-state index in [-0.39, 0.29) is 50.9 Å². The molecular formula is C30H17Br2F7O7S. The molecule has 2 aliphatic heterocycles. The van der Waals surface area contributed by atoms with E-state index in [1.54, 1.807) is 0 Å². The molecule has 0 N–H and O–H groups in total. The molecule has 0 radical (unpaired) electrons. The van der Waals surface area contributed by atoms with Crippen molar-refractivity contribution in [1.82, 2.24) is 0 Å². The fourth-order valence-corrected chi connectivity index (χ4v) is 5.01. The molecule has 7 nitrogen and oxygen atoms in total. The van der Waals surface area contributed by atoms with Crippen LogP contribution in [0.2, 0.25) is 0 Å². The molecule has 4 aromatic rings. The highest BCUT2D eigenvalue weighted by Gasteiger charge is 2.43. The molecule has 2 heterocycles. The second kappa shape index (κ2) is 13.6. The third-order valence-electron chi connectivity index (χ3n) is 5.72. The average Bonchev–Trinajstić information content (AvgIpc) is 3.39. The smallest absolute Gasteiger partial charge is 0.445 e. The molecule has 0 saturated heterocycles. The number of halogens is 9. The fraction of sp³-hybridized carbons (Fsp3) is 0.133. The minimum Gasteiger partial charge on any atom is -0.445 e. The van der Waals surface area contributed by atoms with Crippen LogP contribution in [0.1, 0.15) is 30.3 Å². The molecule has 0 fully saturated rings. The van der Waals surface area contributed by atoms with E-state index in [0.29, 0.717) is 0 Å². The maximum Gasteiger partial charge on any atom is 0.586 e. The number of esters is 1. The van der Waals surface area contributed by atoms with Crippen LogP contribution in [-0.4, -0.2) is 23.4 Å². The molecule has 47 heavy (non-hydrogen) atoms. The molecule has 0 aromatic heterocycles. The molecule has 2 aliphatic rings. The van der Waals surface area contributed by atoms with Crippen molar-refractivity contribution in [3.63, 3.8) is 0 Å². The van der Waals surface area contributed by atoms with E-state index in [1.807, 2.05) is 0 Å². The van der Waals surface area contributed by atoms with E-state index in [1.165, 1.54) is 18.2 Å². The van der Waals surface area contributed by atoms with Gasteiger partial charge < -0.3 is 28.4 Å². The van der Waals surface area contributed by atoms with E-state index in [0.717, 1.165) is 49.4 Å². The molecule has 0 aliphatic carbocycles. The van der Waals surface area contributed by atoms with Crippen molar-refractivity contribution >= 4 is 55.1 Å². The zero-order chi connectivity index (χ0) is 33.6. The summed E-state index contributed by atoms with van der Waals surface area (Å²) in [5.41, 5.74) is -1.37. The van der Waals surface area contributed by atoms with Gasteiger partial charge in [0.2, 0.25) is 5.05 Å². The van der Waals surface area contributed by atoms with Crippen LogP contribution in [0, 0.1) is 23.3 Å². The summed E-state index contributed by atoms with van der Waals surface area (Å²) in [4.78, 5) is 11.9. The summed E-state index contributed by atoms with van der Waals surface area (Å²) in [6.07, 6.45) is -3.82. The lowest BCUT2D eigenvalue weighted by molar-refractivity contribution is -0.286. The lowest BCUT2D eigenvalue weighted by atomic mass is 10.2. The highest BCUT2D eigenvalue weighted by atomic mass is 79.9. The number of thiocarbonyl (C=S) groups is 1. The summed E-state index contributed by atoms with van der Waals surface area (Å²) >= 11 is 10.8. The van der Waals surface area contributed by atoms with Crippen LogP contribution in [0.5, 0.6) is 34.5 Å². The Bertz CT molecular complexity index is 1710. The van der Waals surface area contributed by atoms with Gasteiger partial charge in [-0.15, -0.1) is 8.78 Å². The van der Waals surface area contributed by atoms with Gasteiger partial charge in [0.1, 0.15) is 45.9 Å². The van der Waals surface area contributed by atoms with Crippen molar-refractivity contribution in [3.8, 4) is 34.5 Å². The van der Waals surface area contributed by atoms with Gasteiger partial charge in [-0.25, -0.2) is 22.4 Å². The van der Waals surface area contributed by atoms with Gasteiger partial charge in [-0.05, 0) is 60.7 Å². The zero-order valence-electron chi connectivity index (χ0n) is 22.4. The maximum atomic E-state index is 13.9. The summed E-state index contributed by atoms with van der Waals surface area (Å²) in [7, 11) is 0. The maximum absolute atomic E-state index is 13.9. The molecular weight excluding hydrogens is 797 g/mol. The van der Waals surface area contributed by atoms with Gasteiger partial charge in [0.25, 0.3) is 0 Å². The van der Waals surface area contributed by atoms with Crippen molar-refractivity contribution < 1.29 is 63.9 Å². The van der Waals surface area contributed by atoms with Gasteiger partial charge in [0.15, 0.2) is 23.0 Å². The minimum atomic E-state index is -3.82. The van der Waals surface area contributed by atoms with Crippen LogP contribution in [0.3, 0.4) is 0 Å². The number of fused-ring (bicyclic) bond motifs is 2. The molecule has 6 rings (SSSR count). The highest BCUT2D eigenvalue weighted by molar-refractivity contribution is 9.10. The number of rotatable bonds is 4. The van der Waals surface area contributed by atoms with Gasteiger partial charge in [0.05, 0.1) is 0 Å². The third-order valence-corrected chi connectivity index (χ3v) is 6.92. The first-order chi connectivity index (χ1) is 21.5. The van der Waals surface area contributed by atoms with E-state index in [9.17, 15) is 35.5 Å². The zero-order valence-corrected chi connectivity index (χ0v) is 26.4. The lowest BCUT2D eigenvalue weighted by Crippen LogP contribution is -2.27. The van der Waals surface area contributed by atoms with Gasteiger partial charge in [-0.1, -0.05) is 39.3 Å². The Morgan fingerprint density at radius 1 is 0.660 bits per heavy atom. The summed E-state index contributed by atoms with van der Waals surface area (Å²) < 4.78 is 123. The van der Waals surface area contributed by atoms with Crippen LogP contribution < -0.4 is 28.4 Å². The molecule has 1 atom stereocenters. The Morgan fingerprint density at radius 2 is 1.06 bits per heavy atom. The summed E-state index contributed by atoms with van der Waals surface area (Å²) in [6, 6.07) is 8.94. The topological polar surface area (TPSA) is 72.5 Å². The van der Waals surface area contributed by atoms with Crippen LogP contribution in [0.25, 0.3) is 0 Å². The summed E-state index contributed by atoms with van der Waals surface area (Å²) in [5, 5.41) is -0.394. The molecule has 17 heteroatoms. The molecule has 1 unspecified atom stereocenters. The van der Waals surface area contributed by atoms with Crippen molar-refractivity contribution in [2.75, 3.05) is 0 Å². The Morgan fingerprint density at radius 3 is 1.60 bits per heavy atom. The number of hydrogen-bond donors (Lipinski definition) is 0. The molecule has 248 valence electrons. The average molecular weight is 814 g/mol. The van der Waals surface area contributed by atoms with Crippen LogP contribution in [-0.2, 0) is 0 Å². The Labute approximate surface area is 283 Å². The summed E-state index contributed by atoms with van der Waals surface area (Å²) in [5.74, 6) is -5.73. The first-order valence-electron chi connectivity index (χ1n) is 12.3. The number of benzene rings is 4. The van der Waals surface area contributed by atoms with Gasteiger partial charge in [-0.2, -0.15) is 4.39 Å². The highest BCUT2D eigenvalue weighted by Crippen LogP contribution is 2.43. The van der Waals surface area contributed by atoms with Crippen molar-refractivity contribution in [2.24, 2.45) is 0 Å². The largest absolute Gasteiger partial charge is 0.586 e. The van der Waals surface area contributed by atoms with Crippen molar-refractivity contribution in [2.45, 2.75) is 26.7 Å². The Kier molecular flexibility index (Phi) is 10.3. The van der Waals surface area contributed by atoms with Gasteiger partial charge in [-0.3, -0.25) is 0 Å². The molecule has 0 bridgehead atoms. The number of ether oxygens (including phenoxy) is 6. The van der Waals surface area contributed by atoms with E-state index in [4.69, 9.17) is 31.2 Å².